The number of benzene rings is 2. The van der Waals surface area contributed by atoms with Crippen LogP contribution < -0.4 is 14.5 Å². The highest BCUT2D eigenvalue weighted by Crippen LogP contribution is 2.42. The van der Waals surface area contributed by atoms with Crippen LogP contribution in [0.4, 0.5) is 20.3 Å². The second-order valence-corrected chi connectivity index (χ2v) is 13.3. The molecule has 0 bridgehead atoms. The zero-order valence-corrected chi connectivity index (χ0v) is 27.5. The van der Waals surface area contributed by atoms with Crippen LogP contribution in [-0.4, -0.2) is 96.6 Å². The Morgan fingerprint density at radius 1 is 1.19 bits per heavy atom. The molecule has 2 fully saturated rings. The van der Waals surface area contributed by atoms with E-state index in [9.17, 15) is 13.6 Å². The summed E-state index contributed by atoms with van der Waals surface area (Å²) in [6.45, 7) is 19.3. The average Bonchev–Trinajstić information content (AvgIpc) is 3.05. The molecule has 11 heteroatoms. The lowest BCUT2D eigenvalue weighted by atomic mass is 9.81. The zero-order valence-electron chi connectivity index (χ0n) is 27.5. The van der Waals surface area contributed by atoms with E-state index < -0.39 is 5.92 Å². The lowest BCUT2D eigenvalue weighted by Crippen LogP contribution is -2.56. The first-order valence-electron chi connectivity index (χ1n) is 16.4. The molecule has 3 heterocycles. The molecule has 1 saturated heterocycles. The summed E-state index contributed by atoms with van der Waals surface area (Å²) in [5.74, 6) is -1.92. The van der Waals surface area contributed by atoms with Crippen LogP contribution in [0.2, 0.25) is 0 Å². The van der Waals surface area contributed by atoms with Gasteiger partial charge in [-0.25, -0.2) is 15.4 Å². The maximum atomic E-state index is 13.4. The van der Waals surface area contributed by atoms with Crippen LogP contribution >= 0.6 is 0 Å². The van der Waals surface area contributed by atoms with Crippen molar-refractivity contribution >= 4 is 28.2 Å². The summed E-state index contributed by atoms with van der Waals surface area (Å²) in [6.07, 6.45) is 1.92. The number of fused-ring (bicyclic) bond motifs is 2. The van der Waals surface area contributed by atoms with Crippen molar-refractivity contribution < 1.29 is 18.3 Å². The van der Waals surface area contributed by atoms with Crippen LogP contribution in [0.1, 0.15) is 36.6 Å². The number of nitrogens with zero attached hydrogens (tertiary/aromatic N) is 7. The van der Waals surface area contributed by atoms with E-state index in [1.54, 1.807) is 4.90 Å². The van der Waals surface area contributed by atoms with E-state index in [2.05, 4.69) is 69.4 Å². The molecule has 0 unspecified atom stereocenters. The first-order valence-corrected chi connectivity index (χ1v) is 16.4. The van der Waals surface area contributed by atoms with Crippen LogP contribution in [0.15, 0.2) is 49.1 Å². The molecule has 2 aliphatic heterocycles. The maximum Gasteiger partial charge on any atom is 0.318 e. The van der Waals surface area contributed by atoms with Crippen molar-refractivity contribution in [2.45, 2.75) is 57.7 Å². The number of hydrogen-bond acceptors (Lipinski definition) is 7. The summed E-state index contributed by atoms with van der Waals surface area (Å²) in [7, 11) is 1.94. The summed E-state index contributed by atoms with van der Waals surface area (Å²) in [5, 5.41) is 2.43. The van der Waals surface area contributed by atoms with Gasteiger partial charge in [-0.3, -0.25) is 4.79 Å². The van der Waals surface area contributed by atoms with Crippen LogP contribution in [0.25, 0.3) is 15.6 Å². The molecule has 2 aromatic carbocycles. The number of aryl methyl sites for hydroxylation is 1. The predicted octanol–water partition coefficient (Wildman–Crippen LogP) is 5.37. The van der Waals surface area contributed by atoms with E-state index in [0.29, 0.717) is 39.3 Å². The number of alkyl halides is 2. The molecule has 1 saturated carbocycles. The number of amides is 1. The van der Waals surface area contributed by atoms with Gasteiger partial charge < -0.3 is 29.2 Å². The fourth-order valence-electron chi connectivity index (χ4n) is 7.23. The van der Waals surface area contributed by atoms with Gasteiger partial charge in [0.1, 0.15) is 18.5 Å². The topological polar surface area (TPSA) is 69.4 Å². The molecule has 3 aromatic rings. The number of anilines is 2. The number of halogens is 2. The third-order valence-corrected chi connectivity index (χ3v) is 9.92. The lowest BCUT2D eigenvalue weighted by molar-refractivity contribution is -0.128. The van der Waals surface area contributed by atoms with Gasteiger partial charge in [-0.15, -0.1) is 0 Å². The van der Waals surface area contributed by atoms with Crippen molar-refractivity contribution in [2.75, 3.05) is 62.7 Å². The van der Waals surface area contributed by atoms with Crippen LogP contribution in [0.3, 0.4) is 0 Å². The van der Waals surface area contributed by atoms with Gasteiger partial charge in [-0.1, -0.05) is 36.9 Å². The zero-order chi connectivity index (χ0) is 33.3. The fourth-order valence-corrected chi connectivity index (χ4v) is 7.23. The number of hydrogen-bond donors (Lipinski definition) is 0. The Kier molecular flexibility index (Phi) is 9.33. The third-order valence-electron chi connectivity index (χ3n) is 9.92. The van der Waals surface area contributed by atoms with Crippen molar-refractivity contribution in [3.63, 3.8) is 0 Å². The highest BCUT2D eigenvalue weighted by atomic mass is 19.3. The van der Waals surface area contributed by atoms with Gasteiger partial charge in [0.15, 0.2) is 0 Å². The summed E-state index contributed by atoms with van der Waals surface area (Å²) < 4.78 is 33.1. The van der Waals surface area contributed by atoms with Gasteiger partial charge in [0.05, 0.1) is 12.2 Å². The second-order valence-electron chi connectivity index (χ2n) is 13.3. The number of ether oxygens (including phenoxy) is 1. The predicted molar refractivity (Wildman–Crippen MR) is 180 cm³/mol. The van der Waals surface area contributed by atoms with E-state index in [4.69, 9.17) is 21.3 Å². The number of piperazine rings is 1. The Bertz CT molecular complexity index is 1680. The first kappa shape index (κ1) is 32.6. The molecule has 3 aliphatic rings. The molecule has 0 N–H and O–H groups in total. The third kappa shape index (κ3) is 6.89. The molecule has 6 rings (SSSR count). The fraction of sp³-hybridized carbons (Fsp3) is 0.500. The number of carbonyl (C=O) groups is 1. The van der Waals surface area contributed by atoms with Crippen molar-refractivity contribution in [3.05, 3.63) is 77.3 Å². The van der Waals surface area contributed by atoms with Crippen molar-refractivity contribution in [1.29, 1.82) is 0 Å². The number of carbonyl (C=O) groups excluding carboxylic acids is 1. The standard InChI is InChI=1S/C36H43F2N7O2/c1-6-32(46)45-16-15-44(21-28(45)19-39-4)34-29-13-14-43(31-12-8-11-27-10-7-9-24(2)33(27)31)22-30(29)40-35(41-34)47-23-25(3)42(5)20-26-17-36(37,38)18-26/h6-12,25-26,28H,1,13-23H2,2-3,5H3/t25-,28-/m0/s1. The van der Waals surface area contributed by atoms with Gasteiger partial charge in [-0.2, -0.15) is 9.97 Å². The van der Waals surface area contributed by atoms with Crippen LogP contribution in [-0.2, 0) is 17.8 Å². The van der Waals surface area contributed by atoms with Gasteiger partial charge in [0.25, 0.3) is 0 Å². The molecule has 1 amide bonds. The van der Waals surface area contributed by atoms with E-state index in [1.807, 2.05) is 14.0 Å². The minimum Gasteiger partial charge on any atom is -0.462 e. The van der Waals surface area contributed by atoms with Gasteiger partial charge in [0.2, 0.25) is 18.4 Å². The van der Waals surface area contributed by atoms with Gasteiger partial charge >= 0.3 is 6.01 Å². The number of aromatic nitrogens is 2. The second kappa shape index (κ2) is 13.4. The maximum absolute atomic E-state index is 13.4. The van der Waals surface area contributed by atoms with Gasteiger partial charge in [-0.05, 0) is 56.3 Å². The molecule has 1 aliphatic carbocycles. The van der Waals surface area contributed by atoms with E-state index in [0.717, 1.165) is 30.0 Å². The van der Waals surface area contributed by atoms with E-state index >= 15 is 0 Å². The Labute approximate surface area is 275 Å². The first-order chi connectivity index (χ1) is 22.6. The van der Waals surface area contributed by atoms with Gasteiger partial charge in [0, 0.05) is 68.2 Å². The summed E-state index contributed by atoms with van der Waals surface area (Å²) in [5.41, 5.74) is 4.34. The molecule has 0 radical (unpaired) electrons. The number of likely N-dealkylation sites (N-methyl/N-ethyl adjacent to an activating group) is 1. The molecule has 0 spiro atoms. The smallest absolute Gasteiger partial charge is 0.318 e. The molecular weight excluding hydrogens is 600 g/mol. The van der Waals surface area contributed by atoms with Crippen LogP contribution in [0, 0.1) is 19.4 Å². The minimum absolute atomic E-state index is 0.0113. The monoisotopic (exact) mass is 643 g/mol. The number of rotatable bonds is 10. The van der Waals surface area contributed by atoms with E-state index in [1.165, 1.54) is 28.1 Å². The molecule has 248 valence electrons. The average molecular weight is 644 g/mol. The summed E-state index contributed by atoms with van der Waals surface area (Å²) >= 11 is 0. The normalized spacial score (nSPS) is 20.0. The Morgan fingerprint density at radius 3 is 2.68 bits per heavy atom. The molecule has 1 aromatic heterocycles. The highest BCUT2D eigenvalue weighted by molar-refractivity contribution is 5.97. The Hall–Kier alpha value is -4.30. The van der Waals surface area contributed by atoms with Crippen molar-refractivity contribution in [3.8, 4) is 6.01 Å². The largest absolute Gasteiger partial charge is 0.462 e. The SMILES string of the molecule is [C-]#[N+]C[C@H]1CN(c2nc(OC[C@H](C)N(C)CC3CC(F)(F)C3)nc3c2CCN(c2cccc4cccc(C)c24)C3)CCN1C(=O)C=C. The molecule has 47 heavy (non-hydrogen) atoms. The molecule has 9 nitrogen and oxygen atoms in total. The van der Waals surface area contributed by atoms with Crippen LogP contribution in [0.5, 0.6) is 6.01 Å². The summed E-state index contributed by atoms with van der Waals surface area (Å²) in [4.78, 5) is 34.4. The highest BCUT2D eigenvalue weighted by Gasteiger charge is 2.45. The Balaban J connectivity index is 1.28. The van der Waals surface area contributed by atoms with Crippen molar-refractivity contribution in [2.24, 2.45) is 5.92 Å². The minimum atomic E-state index is -2.53. The van der Waals surface area contributed by atoms with E-state index in [-0.39, 0.29) is 49.3 Å². The molecule has 2 atom stereocenters. The van der Waals surface area contributed by atoms with Crippen molar-refractivity contribution in [1.82, 2.24) is 19.8 Å². The molecular formula is C36H43F2N7O2. The lowest BCUT2D eigenvalue weighted by Gasteiger charge is -2.41. The Morgan fingerprint density at radius 2 is 1.96 bits per heavy atom. The summed E-state index contributed by atoms with van der Waals surface area (Å²) in [6, 6.07) is 12.7. The quantitative estimate of drug-likeness (QED) is 0.218.